The van der Waals surface area contributed by atoms with Gasteiger partial charge >= 0.3 is 0 Å². The van der Waals surface area contributed by atoms with E-state index >= 15 is 0 Å². The van der Waals surface area contributed by atoms with Crippen molar-refractivity contribution in [3.8, 4) is 0 Å². The smallest absolute Gasteiger partial charge is 0.0160 e. The third-order valence-electron chi connectivity index (χ3n) is 6.72. The van der Waals surface area contributed by atoms with Crippen LogP contribution in [0, 0.1) is 11.8 Å². The van der Waals surface area contributed by atoms with Crippen LogP contribution in [0.15, 0.2) is 70.4 Å². The second-order valence-electron chi connectivity index (χ2n) is 8.51. The first-order valence-corrected chi connectivity index (χ1v) is 11.0. The quantitative estimate of drug-likeness (QED) is 0.458. The Balaban J connectivity index is 1.68. The maximum Gasteiger partial charge on any atom is 0.0160 e. The molecule has 4 rings (SSSR count). The van der Waals surface area contributed by atoms with Gasteiger partial charge in [0.1, 0.15) is 0 Å². The van der Waals surface area contributed by atoms with Gasteiger partial charge < -0.3 is 0 Å². The lowest BCUT2D eigenvalue weighted by atomic mass is 9.76. The molecule has 0 aromatic heterocycles. The minimum atomic E-state index is 0.564. The molecule has 0 bridgehead atoms. The Morgan fingerprint density at radius 2 is 1.58 bits per heavy atom. The van der Waals surface area contributed by atoms with Gasteiger partial charge in [-0.15, -0.1) is 0 Å². The summed E-state index contributed by atoms with van der Waals surface area (Å²) in [5, 5.41) is 0. The molecule has 0 saturated carbocycles. The van der Waals surface area contributed by atoms with E-state index in [9.17, 15) is 0 Å². The van der Waals surface area contributed by atoms with Gasteiger partial charge in [0.25, 0.3) is 0 Å². The van der Waals surface area contributed by atoms with Crippen molar-refractivity contribution in [3.05, 3.63) is 70.4 Å². The van der Waals surface area contributed by atoms with Crippen LogP contribution in [-0.4, -0.2) is 0 Å². The number of hydrogen-bond acceptors (Lipinski definition) is 0. The van der Waals surface area contributed by atoms with Crippen molar-refractivity contribution < 1.29 is 0 Å². The molecular weight excluding hydrogens is 312 g/mol. The Labute approximate surface area is 160 Å². The molecule has 1 atom stereocenters. The molecule has 0 saturated heterocycles. The molecule has 0 spiro atoms. The van der Waals surface area contributed by atoms with Crippen molar-refractivity contribution in [1.82, 2.24) is 0 Å². The van der Waals surface area contributed by atoms with Gasteiger partial charge in [0.05, 0.1) is 0 Å². The fourth-order valence-electron chi connectivity index (χ4n) is 5.26. The van der Waals surface area contributed by atoms with Crippen molar-refractivity contribution in [1.29, 1.82) is 0 Å². The first kappa shape index (κ1) is 17.8. The topological polar surface area (TPSA) is 0 Å². The second-order valence-corrected chi connectivity index (χ2v) is 8.51. The first-order valence-electron chi connectivity index (χ1n) is 11.0. The molecule has 0 aromatic carbocycles. The SMILES string of the molecule is CC1=CCC(C2=C(C3C=CCC=C3)CCCCC2)C=C1C1=CCCCC1. The first-order chi connectivity index (χ1) is 12.8. The molecule has 26 heavy (non-hydrogen) atoms. The Bertz CT molecular complexity index is 692. The summed E-state index contributed by atoms with van der Waals surface area (Å²) < 4.78 is 0. The maximum atomic E-state index is 2.66. The van der Waals surface area contributed by atoms with E-state index in [1.165, 1.54) is 69.8 Å². The van der Waals surface area contributed by atoms with Crippen LogP contribution in [0.2, 0.25) is 0 Å². The highest BCUT2D eigenvalue weighted by Crippen LogP contribution is 2.41. The Morgan fingerprint density at radius 1 is 0.808 bits per heavy atom. The highest BCUT2D eigenvalue weighted by atomic mass is 14.3. The van der Waals surface area contributed by atoms with Crippen LogP contribution in [0.25, 0.3) is 0 Å². The zero-order valence-corrected chi connectivity index (χ0v) is 16.5. The van der Waals surface area contributed by atoms with Crippen LogP contribution in [-0.2, 0) is 0 Å². The number of allylic oxidation sites excluding steroid dienone is 12. The molecule has 0 heteroatoms. The van der Waals surface area contributed by atoms with Crippen LogP contribution in [0.5, 0.6) is 0 Å². The fraction of sp³-hybridized carbons (Fsp3) is 0.538. The van der Waals surface area contributed by atoms with Crippen molar-refractivity contribution in [2.75, 3.05) is 0 Å². The van der Waals surface area contributed by atoms with E-state index in [2.05, 4.69) is 49.5 Å². The average molecular weight is 347 g/mol. The molecule has 1 unspecified atom stereocenters. The summed E-state index contributed by atoms with van der Waals surface area (Å²) in [6.07, 6.45) is 31.7. The van der Waals surface area contributed by atoms with Gasteiger partial charge in [0.15, 0.2) is 0 Å². The summed E-state index contributed by atoms with van der Waals surface area (Å²) in [6.45, 7) is 2.33. The van der Waals surface area contributed by atoms with Gasteiger partial charge in [0.2, 0.25) is 0 Å². The Kier molecular flexibility index (Phi) is 5.78. The average Bonchev–Trinajstić information content (AvgIpc) is 2.96. The van der Waals surface area contributed by atoms with Crippen LogP contribution in [0.4, 0.5) is 0 Å². The third kappa shape index (κ3) is 3.90. The van der Waals surface area contributed by atoms with Gasteiger partial charge in [-0.1, -0.05) is 60.1 Å². The molecule has 4 aliphatic rings. The zero-order valence-electron chi connectivity index (χ0n) is 16.5. The molecule has 4 aliphatic carbocycles. The second kappa shape index (κ2) is 8.42. The number of rotatable bonds is 3. The standard InChI is InChI=1S/C26H34/c1-20-17-18-23(19-26(20)22-13-7-3-8-14-22)25-16-10-4-9-15-24(25)21-11-5-2-6-12-21/h5-6,11-13,17,19,21,23H,2-4,7-10,14-16,18H2,1H3. The molecule has 0 N–H and O–H groups in total. The summed E-state index contributed by atoms with van der Waals surface area (Å²) in [6, 6.07) is 0. The number of hydrogen-bond donors (Lipinski definition) is 0. The van der Waals surface area contributed by atoms with Crippen LogP contribution in [0.3, 0.4) is 0 Å². The minimum absolute atomic E-state index is 0.564. The van der Waals surface area contributed by atoms with Crippen molar-refractivity contribution in [2.45, 2.75) is 77.6 Å². The van der Waals surface area contributed by atoms with Gasteiger partial charge in [-0.25, -0.2) is 0 Å². The molecule has 0 fully saturated rings. The van der Waals surface area contributed by atoms with Gasteiger partial charge in [-0.3, -0.25) is 0 Å². The molecule has 0 aliphatic heterocycles. The van der Waals surface area contributed by atoms with Gasteiger partial charge in [-0.05, 0) is 87.9 Å². The third-order valence-corrected chi connectivity index (χ3v) is 6.72. The lowest BCUT2D eigenvalue weighted by Gasteiger charge is -2.28. The predicted octanol–water partition coefficient (Wildman–Crippen LogP) is 7.77. The van der Waals surface area contributed by atoms with E-state index in [4.69, 9.17) is 0 Å². The Hall–Kier alpha value is -1.56. The van der Waals surface area contributed by atoms with E-state index in [-0.39, 0.29) is 0 Å². The molecular formula is C26H34. The van der Waals surface area contributed by atoms with Crippen molar-refractivity contribution in [2.24, 2.45) is 11.8 Å². The largest absolute Gasteiger partial charge is 0.0838 e. The van der Waals surface area contributed by atoms with Gasteiger partial charge in [0, 0.05) is 11.8 Å². The van der Waals surface area contributed by atoms with Gasteiger partial charge in [-0.2, -0.15) is 0 Å². The summed E-state index contributed by atoms with van der Waals surface area (Å²) in [5.41, 5.74) is 8.25. The van der Waals surface area contributed by atoms with Crippen LogP contribution >= 0.6 is 0 Å². The molecule has 0 nitrogen and oxygen atoms in total. The summed E-state index contributed by atoms with van der Waals surface area (Å²) >= 11 is 0. The van der Waals surface area contributed by atoms with Crippen molar-refractivity contribution in [3.63, 3.8) is 0 Å². The molecule has 0 amide bonds. The highest BCUT2D eigenvalue weighted by molar-refractivity contribution is 5.50. The van der Waals surface area contributed by atoms with E-state index in [1.54, 1.807) is 22.3 Å². The lowest BCUT2D eigenvalue weighted by Crippen LogP contribution is -2.13. The molecule has 0 aromatic rings. The lowest BCUT2D eigenvalue weighted by molar-refractivity contribution is 0.656. The summed E-state index contributed by atoms with van der Waals surface area (Å²) in [7, 11) is 0. The minimum Gasteiger partial charge on any atom is -0.0838 e. The van der Waals surface area contributed by atoms with E-state index in [1.807, 2.05) is 0 Å². The summed E-state index contributed by atoms with van der Waals surface area (Å²) in [5.74, 6) is 1.20. The Morgan fingerprint density at radius 3 is 2.35 bits per heavy atom. The fourth-order valence-corrected chi connectivity index (χ4v) is 5.26. The zero-order chi connectivity index (χ0) is 17.8. The van der Waals surface area contributed by atoms with Crippen molar-refractivity contribution >= 4 is 0 Å². The monoisotopic (exact) mass is 346 g/mol. The van der Waals surface area contributed by atoms with E-state index in [0.29, 0.717) is 11.8 Å². The molecule has 0 radical (unpaired) electrons. The summed E-state index contributed by atoms with van der Waals surface area (Å²) in [4.78, 5) is 0. The van der Waals surface area contributed by atoms with Crippen LogP contribution in [0.1, 0.15) is 77.6 Å². The van der Waals surface area contributed by atoms with E-state index in [0.717, 1.165) is 6.42 Å². The predicted molar refractivity (Wildman–Crippen MR) is 113 cm³/mol. The highest BCUT2D eigenvalue weighted by Gasteiger charge is 2.25. The van der Waals surface area contributed by atoms with Crippen LogP contribution < -0.4 is 0 Å². The normalized spacial score (nSPS) is 27.7. The van der Waals surface area contributed by atoms with E-state index < -0.39 is 0 Å². The molecule has 0 heterocycles. The molecule has 138 valence electrons. The maximum absolute atomic E-state index is 2.66.